The van der Waals surface area contributed by atoms with Gasteiger partial charge in [-0.3, -0.25) is 0 Å². The van der Waals surface area contributed by atoms with Gasteiger partial charge in [0.15, 0.2) is 0 Å². The fourth-order valence-electron chi connectivity index (χ4n) is 9.29. The molecule has 0 aromatic heterocycles. The van der Waals surface area contributed by atoms with Gasteiger partial charge in [0.1, 0.15) is 0 Å². The Morgan fingerprint density at radius 3 is 2.39 bits per heavy atom. The van der Waals surface area contributed by atoms with Crippen molar-refractivity contribution in [3.8, 4) is 0 Å². The van der Waals surface area contributed by atoms with Crippen molar-refractivity contribution in [2.24, 2.45) is 40.4 Å². The van der Waals surface area contributed by atoms with Gasteiger partial charge in [-0.05, 0) is 100 Å². The fourth-order valence-corrected chi connectivity index (χ4v) is 9.29. The third-order valence-corrected chi connectivity index (χ3v) is 11.0. The standard InChI is InChI=1S/C27H48O4/c1-17(7-6-12-24(2,3)30)20-8-9-21-19-15-23(29)27(31)16-18(28)10-14-26(27,5)22(19)11-13-25(20,21)4/h17-23,28-31H,6-16H2,1-5H3/t17-,18+,19+,20-,21+,22+,23?,25-,26-,27?/m1/s1. The molecule has 0 saturated heterocycles. The van der Waals surface area contributed by atoms with E-state index in [9.17, 15) is 20.4 Å². The van der Waals surface area contributed by atoms with E-state index >= 15 is 0 Å². The Hall–Kier alpha value is -0.160. The van der Waals surface area contributed by atoms with Gasteiger partial charge in [0.2, 0.25) is 0 Å². The van der Waals surface area contributed by atoms with Gasteiger partial charge in [-0.15, -0.1) is 0 Å². The normalized spacial score (nSPS) is 51.0. The first-order chi connectivity index (χ1) is 14.3. The summed E-state index contributed by atoms with van der Waals surface area (Å²) < 4.78 is 0. The van der Waals surface area contributed by atoms with Crippen molar-refractivity contribution in [2.45, 2.75) is 129 Å². The molecule has 4 aliphatic carbocycles. The highest BCUT2D eigenvalue weighted by Gasteiger charge is 2.67. The molecule has 0 amide bonds. The predicted octanol–water partition coefficient (Wildman–Crippen LogP) is 4.67. The first-order valence-electron chi connectivity index (χ1n) is 13.1. The lowest BCUT2D eigenvalue weighted by molar-refractivity contribution is -0.264. The van der Waals surface area contributed by atoms with Crippen LogP contribution in [0.1, 0.15) is 105 Å². The second-order valence-corrected chi connectivity index (χ2v) is 13.3. The van der Waals surface area contributed by atoms with Crippen molar-refractivity contribution in [1.82, 2.24) is 0 Å². The summed E-state index contributed by atoms with van der Waals surface area (Å²) in [6.07, 6.45) is 9.42. The summed E-state index contributed by atoms with van der Waals surface area (Å²) in [4.78, 5) is 0. The molecule has 0 spiro atoms. The van der Waals surface area contributed by atoms with Crippen LogP contribution in [0.25, 0.3) is 0 Å². The maximum Gasteiger partial charge on any atom is 0.0985 e. The monoisotopic (exact) mass is 436 g/mol. The summed E-state index contributed by atoms with van der Waals surface area (Å²) in [5.74, 6) is 2.97. The number of hydrogen-bond acceptors (Lipinski definition) is 4. The van der Waals surface area contributed by atoms with Crippen molar-refractivity contribution < 1.29 is 20.4 Å². The highest BCUT2D eigenvalue weighted by molar-refractivity contribution is 5.17. The summed E-state index contributed by atoms with van der Waals surface area (Å²) in [7, 11) is 0. The molecule has 0 aromatic rings. The second-order valence-electron chi connectivity index (χ2n) is 13.3. The van der Waals surface area contributed by atoms with Crippen molar-refractivity contribution in [2.75, 3.05) is 0 Å². The van der Waals surface area contributed by atoms with Gasteiger partial charge < -0.3 is 20.4 Å². The molecule has 4 N–H and O–H groups in total. The van der Waals surface area contributed by atoms with E-state index in [0.29, 0.717) is 41.9 Å². The average Bonchev–Trinajstić information content (AvgIpc) is 3.01. The van der Waals surface area contributed by atoms with E-state index in [2.05, 4.69) is 20.8 Å². The van der Waals surface area contributed by atoms with Crippen molar-refractivity contribution in [3.05, 3.63) is 0 Å². The highest BCUT2D eigenvalue weighted by atomic mass is 16.3. The van der Waals surface area contributed by atoms with Gasteiger partial charge >= 0.3 is 0 Å². The fraction of sp³-hybridized carbons (Fsp3) is 1.00. The summed E-state index contributed by atoms with van der Waals surface area (Å²) in [5, 5.41) is 43.1. The first kappa shape index (κ1) is 24.0. The number of fused-ring (bicyclic) bond motifs is 5. The van der Waals surface area contributed by atoms with Crippen LogP contribution >= 0.6 is 0 Å². The Morgan fingerprint density at radius 2 is 1.71 bits per heavy atom. The number of aliphatic hydroxyl groups is 4. The number of aliphatic hydroxyl groups excluding tert-OH is 2. The zero-order chi connectivity index (χ0) is 22.8. The Bertz CT molecular complexity index is 658. The van der Waals surface area contributed by atoms with Crippen molar-refractivity contribution in [3.63, 3.8) is 0 Å². The van der Waals surface area contributed by atoms with E-state index in [1.807, 2.05) is 13.8 Å². The van der Waals surface area contributed by atoms with Gasteiger partial charge in [0, 0.05) is 11.8 Å². The van der Waals surface area contributed by atoms with Crippen LogP contribution < -0.4 is 0 Å². The Balaban J connectivity index is 1.51. The molecule has 4 aliphatic rings. The predicted molar refractivity (Wildman–Crippen MR) is 123 cm³/mol. The Labute approximate surface area is 189 Å². The molecule has 10 atom stereocenters. The van der Waals surface area contributed by atoms with Gasteiger partial charge in [-0.2, -0.15) is 0 Å². The molecule has 4 nitrogen and oxygen atoms in total. The summed E-state index contributed by atoms with van der Waals surface area (Å²) in [5.41, 5.74) is -1.67. The lowest BCUT2D eigenvalue weighted by atomic mass is 9.42. The molecule has 0 radical (unpaired) electrons. The molecule has 0 aromatic carbocycles. The van der Waals surface area contributed by atoms with Crippen LogP contribution in [0.15, 0.2) is 0 Å². The van der Waals surface area contributed by atoms with Gasteiger partial charge in [0.25, 0.3) is 0 Å². The minimum absolute atomic E-state index is 0.285. The van der Waals surface area contributed by atoms with Crippen LogP contribution in [-0.2, 0) is 0 Å². The Morgan fingerprint density at radius 1 is 1.00 bits per heavy atom. The molecule has 0 aliphatic heterocycles. The SMILES string of the molecule is C[C@H](CCCC(C)(C)O)[C@H]1CC[C@H]2[C@@H]3CC(O)C4(O)C[C@@H](O)CC[C@]4(C)[C@H]3CC[C@]12C. The van der Waals surface area contributed by atoms with Crippen LogP contribution in [0.3, 0.4) is 0 Å². The van der Waals surface area contributed by atoms with Gasteiger partial charge in [-0.1, -0.05) is 33.6 Å². The average molecular weight is 437 g/mol. The first-order valence-corrected chi connectivity index (χ1v) is 13.1. The molecule has 0 heterocycles. The van der Waals surface area contributed by atoms with E-state index in [1.54, 1.807) is 0 Å². The molecule has 4 heteroatoms. The summed E-state index contributed by atoms with van der Waals surface area (Å²) >= 11 is 0. The quantitative estimate of drug-likeness (QED) is 0.505. The third-order valence-electron chi connectivity index (χ3n) is 11.0. The zero-order valence-electron chi connectivity index (χ0n) is 20.6. The molecule has 0 bridgehead atoms. The molecule has 31 heavy (non-hydrogen) atoms. The smallest absolute Gasteiger partial charge is 0.0985 e. The van der Waals surface area contributed by atoms with Gasteiger partial charge in [0.05, 0.1) is 23.4 Å². The topological polar surface area (TPSA) is 80.9 Å². The molecule has 4 saturated carbocycles. The highest BCUT2D eigenvalue weighted by Crippen LogP contribution is 2.69. The van der Waals surface area contributed by atoms with Crippen LogP contribution in [0.2, 0.25) is 0 Å². The van der Waals surface area contributed by atoms with Gasteiger partial charge in [-0.25, -0.2) is 0 Å². The van der Waals surface area contributed by atoms with E-state index in [-0.39, 0.29) is 5.41 Å². The molecule has 4 rings (SSSR count). The van der Waals surface area contributed by atoms with E-state index < -0.39 is 23.4 Å². The van der Waals surface area contributed by atoms with Crippen LogP contribution in [0.4, 0.5) is 0 Å². The second kappa shape index (κ2) is 7.96. The molecule has 4 fully saturated rings. The number of hydrogen-bond donors (Lipinski definition) is 4. The number of rotatable bonds is 5. The maximum atomic E-state index is 11.6. The van der Waals surface area contributed by atoms with E-state index in [1.165, 1.54) is 25.7 Å². The van der Waals surface area contributed by atoms with Crippen LogP contribution in [-0.4, -0.2) is 43.8 Å². The molecular weight excluding hydrogens is 388 g/mol. The lowest BCUT2D eigenvalue weighted by Gasteiger charge is -2.65. The molecule has 2 unspecified atom stereocenters. The minimum Gasteiger partial charge on any atom is -0.393 e. The summed E-state index contributed by atoms with van der Waals surface area (Å²) in [6.45, 7) is 11.0. The largest absolute Gasteiger partial charge is 0.393 e. The zero-order valence-corrected chi connectivity index (χ0v) is 20.6. The third kappa shape index (κ3) is 3.82. The van der Waals surface area contributed by atoms with E-state index in [0.717, 1.165) is 38.0 Å². The summed E-state index contributed by atoms with van der Waals surface area (Å²) in [6, 6.07) is 0. The molecular formula is C27H48O4. The van der Waals surface area contributed by atoms with Crippen LogP contribution in [0, 0.1) is 40.4 Å². The van der Waals surface area contributed by atoms with Crippen molar-refractivity contribution >= 4 is 0 Å². The van der Waals surface area contributed by atoms with Crippen molar-refractivity contribution in [1.29, 1.82) is 0 Å². The van der Waals surface area contributed by atoms with Crippen LogP contribution in [0.5, 0.6) is 0 Å². The maximum absolute atomic E-state index is 11.6. The Kier molecular flexibility index (Phi) is 6.16. The molecule has 180 valence electrons. The lowest BCUT2D eigenvalue weighted by Crippen LogP contribution is -2.68. The minimum atomic E-state index is -1.14. The van der Waals surface area contributed by atoms with E-state index in [4.69, 9.17) is 0 Å².